The van der Waals surface area contributed by atoms with Crippen LogP contribution in [0, 0.1) is 12.7 Å². The van der Waals surface area contributed by atoms with Crippen molar-refractivity contribution in [1.29, 1.82) is 0 Å². The van der Waals surface area contributed by atoms with Crippen molar-refractivity contribution in [3.05, 3.63) is 70.8 Å². The number of benzene rings is 2. The van der Waals surface area contributed by atoms with E-state index in [0.717, 1.165) is 11.6 Å². The fourth-order valence-corrected chi connectivity index (χ4v) is 2.30. The maximum absolute atomic E-state index is 13.0. The van der Waals surface area contributed by atoms with Crippen LogP contribution in [0.5, 0.6) is 0 Å². The van der Waals surface area contributed by atoms with E-state index in [-0.39, 0.29) is 10.7 Å². The highest BCUT2D eigenvalue weighted by molar-refractivity contribution is 6.33. The number of anilines is 1. The van der Waals surface area contributed by atoms with E-state index in [9.17, 15) is 9.18 Å². The van der Waals surface area contributed by atoms with E-state index in [1.165, 1.54) is 12.1 Å². The summed E-state index contributed by atoms with van der Waals surface area (Å²) in [6, 6.07) is 13.0. The third-order valence-corrected chi connectivity index (χ3v) is 3.52. The van der Waals surface area contributed by atoms with E-state index in [0.29, 0.717) is 17.3 Å². The standard InChI is InChI=1S/C17H12ClFN2O2/c1-10-15(21-17(23-10)11-5-3-2-4-6-11)16(22)20-14-8-7-12(19)9-13(14)18/h2-9H,1H3,(H,20,22). The van der Waals surface area contributed by atoms with Gasteiger partial charge >= 0.3 is 0 Å². The Balaban J connectivity index is 1.87. The zero-order valence-electron chi connectivity index (χ0n) is 12.1. The molecule has 0 atom stereocenters. The van der Waals surface area contributed by atoms with Gasteiger partial charge in [-0.3, -0.25) is 4.79 Å². The molecule has 0 aliphatic rings. The number of nitrogens with zero attached hydrogens (tertiary/aromatic N) is 1. The summed E-state index contributed by atoms with van der Waals surface area (Å²) in [7, 11) is 0. The van der Waals surface area contributed by atoms with E-state index < -0.39 is 11.7 Å². The molecule has 2 aromatic carbocycles. The second-order valence-electron chi connectivity index (χ2n) is 4.87. The minimum Gasteiger partial charge on any atom is -0.441 e. The molecule has 6 heteroatoms. The van der Waals surface area contributed by atoms with Crippen molar-refractivity contribution >= 4 is 23.2 Å². The van der Waals surface area contributed by atoms with Gasteiger partial charge in [-0.1, -0.05) is 29.8 Å². The van der Waals surface area contributed by atoms with Gasteiger partial charge in [0.15, 0.2) is 5.69 Å². The number of amides is 1. The van der Waals surface area contributed by atoms with Crippen molar-refractivity contribution in [2.24, 2.45) is 0 Å². The van der Waals surface area contributed by atoms with Gasteiger partial charge in [0, 0.05) is 5.56 Å². The Morgan fingerprint density at radius 3 is 2.65 bits per heavy atom. The number of aromatic nitrogens is 1. The van der Waals surface area contributed by atoms with Gasteiger partial charge in [-0.2, -0.15) is 0 Å². The molecule has 0 fully saturated rings. The molecule has 1 heterocycles. The summed E-state index contributed by atoms with van der Waals surface area (Å²) in [5.41, 5.74) is 1.24. The fourth-order valence-electron chi connectivity index (χ4n) is 2.08. The zero-order chi connectivity index (χ0) is 16.4. The Labute approximate surface area is 136 Å². The predicted molar refractivity (Wildman–Crippen MR) is 86.0 cm³/mol. The molecule has 0 radical (unpaired) electrons. The summed E-state index contributed by atoms with van der Waals surface area (Å²) in [4.78, 5) is 16.6. The van der Waals surface area contributed by atoms with Crippen LogP contribution in [0.3, 0.4) is 0 Å². The Hall–Kier alpha value is -2.66. The highest BCUT2D eigenvalue weighted by Crippen LogP contribution is 2.25. The summed E-state index contributed by atoms with van der Waals surface area (Å²) >= 11 is 5.90. The van der Waals surface area contributed by atoms with Crippen molar-refractivity contribution in [2.75, 3.05) is 5.32 Å². The van der Waals surface area contributed by atoms with Crippen LogP contribution in [0.15, 0.2) is 52.9 Å². The number of nitrogens with one attached hydrogen (secondary N) is 1. The minimum absolute atomic E-state index is 0.114. The first-order valence-corrected chi connectivity index (χ1v) is 7.21. The van der Waals surface area contributed by atoms with E-state index in [1.807, 2.05) is 30.3 Å². The Morgan fingerprint density at radius 2 is 1.96 bits per heavy atom. The summed E-state index contributed by atoms with van der Waals surface area (Å²) in [6.45, 7) is 1.65. The molecule has 0 unspecified atom stereocenters. The predicted octanol–water partition coefficient (Wildman–Crippen LogP) is 4.69. The van der Waals surface area contributed by atoms with E-state index in [2.05, 4.69) is 10.3 Å². The smallest absolute Gasteiger partial charge is 0.277 e. The molecule has 0 spiro atoms. The lowest BCUT2D eigenvalue weighted by Gasteiger charge is -2.05. The summed E-state index contributed by atoms with van der Waals surface area (Å²) in [5, 5.41) is 2.71. The quantitative estimate of drug-likeness (QED) is 0.757. The fraction of sp³-hybridized carbons (Fsp3) is 0.0588. The van der Waals surface area contributed by atoms with Gasteiger partial charge in [-0.05, 0) is 37.3 Å². The molecule has 1 N–H and O–H groups in total. The van der Waals surface area contributed by atoms with Gasteiger partial charge in [0.05, 0.1) is 10.7 Å². The number of halogens is 2. The van der Waals surface area contributed by atoms with Crippen LogP contribution in [-0.2, 0) is 0 Å². The molecular formula is C17H12ClFN2O2. The highest BCUT2D eigenvalue weighted by Gasteiger charge is 2.19. The van der Waals surface area contributed by atoms with Crippen molar-refractivity contribution < 1.29 is 13.6 Å². The second kappa shape index (κ2) is 6.22. The number of carbonyl (C=O) groups is 1. The third kappa shape index (κ3) is 3.24. The van der Waals surface area contributed by atoms with Gasteiger partial charge in [-0.15, -0.1) is 0 Å². The molecule has 0 saturated heterocycles. The Kier molecular flexibility index (Phi) is 4.12. The van der Waals surface area contributed by atoms with Crippen molar-refractivity contribution in [2.45, 2.75) is 6.92 Å². The number of hydrogen-bond donors (Lipinski definition) is 1. The minimum atomic E-state index is -0.475. The summed E-state index contributed by atoms with van der Waals surface area (Å²) in [6.07, 6.45) is 0. The SMILES string of the molecule is Cc1oc(-c2ccccc2)nc1C(=O)Nc1ccc(F)cc1Cl. The molecule has 1 amide bonds. The monoisotopic (exact) mass is 330 g/mol. The number of oxazole rings is 1. The normalized spacial score (nSPS) is 10.6. The molecule has 116 valence electrons. The number of carbonyl (C=O) groups excluding carboxylic acids is 1. The molecular weight excluding hydrogens is 319 g/mol. The lowest BCUT2D eigenvalue weighted by molar-refractivity contribution is 0.102. The van der Waals surface area contributed by atoms with Crippen molar-refractivity contribution in [3.8, 4) is 11.5 Å². The number of hydrogen-bond acceptors (Lipinski definition) is 3. The van der Waals surface area contributed by atoms with Gasteiger partial charge in [0.25, 0.3) is 5.91 Å². The molecule has 4 nitrogen and oxygen atoms in total. The third-order valence-electron chi connectivity index (χ3n) is 3.21. The van der Waals surface area contributed by atoms with Crippen molar-refractivity contribution in [3.63, 3.8) is 0 Å². The maximum Gasteiger partial charge on any atom is 0.277 e. The zero-order valence-corrected chi connectivity index (χ0v) is 12.9. The first kappa shape index (κ1) is 15.2. The van der Waals surface area contributed by atoms with Crippen molar-refractivity contribution in [1.82, 2.24) is 4.98 Å². The van der Waals surface area contributed by atoms with Crippen LogP contribution in [0.1, 0.15) is 16.2 Å². The van der Waals surface area contributed by atoms with Gasteiger partial charge in [0.1, 0.15) is 11.6 Å². The van der Waals surface area contributed by atoms with Crippen LogP contribution in [-0.4, -0.2) is 10.9 Å². The average molecular weight is 331 g/mol. The summed E-state index contributed by atoms with van der Waals surface area (Å²) in [5.74, 6) is -0.197. The molecule has 3 aromatic rings. The van der Waals surface area contributed by atoms with E-state index in [4.69, 9.17) is 16.0 Å². The molecule has 1 aromatic heterocycles. The molecule has 0 aliphatic heterocycles. The molecule has 0 aliphatic carbocycles. The van der Waals surface area contributed by atoms with Crippen LogP contribution < -0.4 is 5.32 Å². The second-order valence-corrected chi connectivity index (χ2v) is 5.28. The Bertz CT molecular complexity index is 862. The highest BCUT2D eigenvalue weighted by atomic mass is 35.5. The largest absolute Gasteiger partial charge is 0.441 e. The number of aryl methyl sites for hydroxylation is 1. The van der Waals surface area contributed by atoms with E-state index >= 15 is 0 Å². The number of rotatable bonds is 3. The van der Waals surface area contributed by atoms with Crippen LogP contribution in [0.2, 0.25) is 5.02 Å². The van der Waals surface area contributed by atoms with Gasteiger partial charge < -0.3 is 9.73 Å². The average Bonchev–Trinajstić information content (AvgIpc) is 2.93. The van der Waals surface area contributed by atoms with Crippen LogP contribution >= 0.6 is 11.6 Å². The topological polar surface area (TPSA) is 55.1 Å². The van der Waals surface area contributed by atoms with Crippen LogP contribution in [0.25, 0.3) is 11.5 Å². The lowest BCUT2D eigenvalue weighted by atomic mass is 10.2. The molecule has 0 bridgehead atoms. The van der Waals surface area contributed by atoms with Crippen LogP contribution in [0.4, 0.5) is 10.1 Å². The Morgan fingerprint density at radius 1 is 1.22 bits per heavy atom. The molecule has 0 saturated carbocycles. The molecule has 23 heavy (non-hydrogen) atoms. The first-order valence-electron chi connectivity index (χ1n) is 6.84. The van der Waals surface area contributed by atoms with Gasteiger partial charge in [-0.25, -0.2) is 9.37 Å². The van der Waals surface area contributed by atoms with E-state index in [1.54, 1.807) is 6.92 Å². The van der Waals surface area contributed by atoms with Gasteiger partial charge in [0.2, 0.25) is 5.89 Å². The first-order chi connectivity index (χ1) is 11.0. The molecule has 3 rings (SSSR count). The lowest BCUT2D eigenvalue weighted by Crippen LogP contribution is -2.14. The maximum atomic E-state index is 13.0. The summed E-state index contributed by atoms with van der Waals surface area (Å²) < 4.78 is 18.6.